The van der Waals surface area contributed by atoms with Crippen LogP contribution in [0.3, 0.4) is 0 Å². The lowest BCUT2D eigenvalue weighted by Gasteiger charge is -2.23. The van der Waals surface area contributed by atoms with Gasteiger partial charge in [0, 0.05) is 0 Å². The molecule has 7 nitrogen and oxygen atoms in total. The minimum atomic E-state index is -0.940. The molecule has 0 unspecified atom stereocenters. The van der Waals surface area contributed by atoms with Crippen molar-refractivity contribution >= 4 is 24.3 Å². The second-order valence-electron chi connectivity index (χ2n) is 6.07. The van der Waals surface area contributed by atoms with Gasteiger partial charge in [0.2, 0.25) is 0 Å². The van der Waals surface area contributed by atoms with Gasteiger partial charge in [0.25, 0.3) is 0 Å². The van der Waals surface area contributed by atoms with Crippen LogP contribution in [0, 0.1) is 5.92 Å². The number of phenolic OH excluding ortho intramolecular Hbond substituents is 2. The zero-order valence-corrected chi connectivity index (χ0v) is 15.6. The van der Waals surface area contributed by atoms with Crippen molar-refractivity contribution in [3.8, 4) is 11.5 Å². The minimum absolute atomic E-state index is 0. The Morgan fingerprint density at radius 1 is 1.00 bits per heavy atom. The fraction of sp³-hybridized carbons (Fsp3) is 0.529. The van der Waals surface area contributed by atoms with Gasteiger partial charge < -0.3 is 25.4 Å². The van der Waals surface area contributed by atoms with Crippen molar-refractivity contribution in [2.75, 3.05) is 0 Å². The van der Waals surface area contributed by atoms with Crippen LogP contribution in [0.25, 0.3) is 0 Å². The molecule has 142 valence electrons. The molecule has 0 amide bonds. The number of halogens is 1. The number of aromatic hydroxyl groups is 2. The van der Waals surface area contributed by atoms with Crippen LogP contribution in [0.15, 0.2) is 18.2 Å². The van der Waals surface area contributed by atoms with E-state index in [1.807, 2.05) is 0 Å². The second-order valence-corrected chi connectivity index (χ2v) is 6.07. The van der Waals surface area contributed by atoms with E-state index in [-0.39, 0.29) is 42.2 Å². The van der Waals surface area contributed by atoms with E-state index < -0.39 is 24.2 Å². The molecule has 25 heavy (non-hydrogen) atoms. The fourth-order valence-electron chi connectivity index (χ4n) is 1.81. The average molecular weight is 376 g/mol. The van der Waals surface area contributed by atoms with Crippen LogP contribution in [0.4, 0.5) is 0 Å². The smallest absolute Gasteiger partial charge is 0.323 e. The molecule has 8 heteroatoms. The first-order chi connectivity index (χ1) is 11.1. The molecule has 0 aliphatic rings. The van der Waals surface area contributed by atoms with E-state index in [9.17, 15) is 19.8 Å². The molecule has 0 aliphatic carbocycles. The summed E-state index contributed by atoms with van der Waals surface area (Å²) in [4.78, 5) is 23.6. The van der Waals surface area contributed by atoms with Crippen molar-refractivity contribution < 1.29 is 29.3 Å². The molecule has 1 aromatic rings. The number of carbonyl (C=O) groups is 2. The maximum Gasteiger partial charge on any atom is 0.323 e. The van der Waals surface area contributed by atoms with E-state index in [0.29, 0.717) is 5.56 Å². The van der Waals surface area contributed by atoms with Gasteiger partial charge in [-0.15, -0.1) is 12.4 Å². The van der Waals surface area contributed by atoms with Crippen LogP contribution >= 0.6 is 12.4 Å². The first kappa shape index (κ1) is 23.0. The number of ether oxygens (including phenoxy) is 2. The van der Waals surface area contributed by atoms with Gasteiger partial charge in [0.15, 0.2) is 11.5 Å². The third-order valence-electron chi connectivity index (χ3n) is 3.53. The monoisotopic (exact) mass is 375 g/mol. The Kier molecular flexibility index (Phi) is 9.30. The minimum Gasteiger partial charge on any atom is -0.504 e. The van der Waals surface area contributed by atoms with Crippen molar-refractivity contribution in [2.24, 2.45) is 11.7 Å². The molecule has 0 bridgehead atoms. The number of carbonyl (C=O) groups excluding carboxylic acids is 2. The molecule has 4 N–H and O–H groups in total. The zero-order chi connectivity index (χ0) is 18.4. The van der Waals surface area contributed by atoms with Crippen LogP contribution in [0.2, 0.25) is 0 Å². The normalized spacial score (nSPS) is 14.2. The van der Waals surface area contributed by atoms with Crippen LogP contribution in [-0.2, 0) is 25.5 Å². The Labute approximate surface area is 153 Å². The van der Waals surface area contributed by atoms with Crippen molar-refractivity contribution in [3.63, 3.8) is 0 Å². The predicted octanol–water partition coefficient (Wildman–Crippen LogP) is 1.91. The molecular weight excluding hydrogens is 350 g/mol. The van der Waals surface area contributed by atoms with E-state index in [1.165, 1.54) is 12.1 Å². The molecule has 0 spiro atoms. The summed E-state index contributed by atoms with van der Waals surface area (Å²) in [5, 5.41) is 18.7. The SMILES string of the molecule is CC(C)C(=O)O[C@H](C)[C@@H](C)OC(=O)[C@@H](N)Cc1ccc(O)c(O)c1.Cl. The molecule has 3 atom stereocenters. The third-order valence-corrected chi connectivity index (χ3v) is 3.53. The third kappa shape index (κ3) is 7.19. The van der Waals surface area contributed by atoms with Crippen LogP contribution < -0.4 is 5.73 Å². The molecule has 0 radical (unpaired) electrons. The molecule has 0 saturated carbocycles. The van der Waals surface area contributed by atoms with Crippen LogP contribution in [-0.4, -0.2) is 40.4 Å². The van der Waals surface area contributed by atoms with E-state index in [0.717, 1.165) is 0 Å². The number of nitrogens with two attached hydrogens (primary N) is 1. The highest BCUT2D eigenvalue weighted by Crippen LogP contribution is 2.25. The first-order valence-corrected chi connectivity index (χ1v) is 7.79. The lowest BCUT2D eigenvalue weighted by molar-refractivity contribution is -0.168. The van der Waals surface area contributed by atoms with Crippen LogP contribution in [0.5, 0.6) is 11.5 Å². The van der Waals surface area contributed by atoms with E-state index in [4.69, 9.17) is 15.2 Å². The van der Waals surface area contributed by atoms with Crippen molar-refractivity contribution in [2.45, 2.75) is 52.4 Å². The Balaban J connectivity index is 0.00000576. The standard InChI is InChI=1S/C17H25NO6.ClH/c1-9(2)16(21)23-10(3)11(4)24-17(22)13(18)7-12-5-6-14(19)15(20)8-12;/h5-6,8-11,13,19-20H,7,18H2,1-4H3;1H/t10-,11-,13+;/m1./s1. The number of esters is 2. The predicted molar refractivity (Wildman–Crippen MR) is 94.6 cm³/mol. The van der Waals surface area contributed by atoms with Gasteiger partial charge in [0.05, 0.1) is 5.92 Å². The first-order valence-electron chi connectivity index (χ1n) is 7.79. The van der Waals surface area contributed by atoms with Gasteiger partial charge in [-0.3, -0.25) is 9.59 Å². The van der Waals surface area contributed by atoms with Crippen molar-refractivity contribution in [3.05, 3.63) is 23.8 Å². The van der Waals surface area contributed by atoms with Crippen LogP contribution in [0.1, 0.15) is 33.3 Å². The Bertz CT molecular complexity index is 593. The Morgan fingerprint density at radius 3 is 2.00 bits per heavy atom. The molecule has 0 saturated heterocycles. The van der Waals surface area contributed by atoms with Gasteiger partial charge in [-0.2, -0.15) is 0 Å². The highest BCUT2D eigenvalue weighted by atomic mass is 35.5. The number of rotatable bonds is 7. The van der Waals surface area contributed by atoms with Gasteiger partial charge in [-0.25, -0.2) is 0 Å². The highest BCUT2D eigenvalue weighted by molar-refractivity contribution is 5.85. The summed E-state index contributed by atoms with van der Waals surface area (Å²) in [6.45, 7) is 6.69. The summed E-state index contributed by atoms with van der Waals surface area (Å²) in [6.07, 6.45) is -1.09. The molecular formula is C17H26ClNO6. The number of hydrogen-bond donors (Lipinski definition) is 3. The largest absolute Gasteiger partial charge is 0.504 e. The summed E-state index contributed by atoms with van der Waals surface area (Å²) in [6, 6.07) is 3.26. The summed E-state index contributed by atoms with van der Waals surface area (Å²) < 4.78 is 10.4. The topological polar surface area (TPSA) is 119 Å². The molecule has 1 rings (SSSR count). The van der Waals surface area contributed by atoms with Crippen molar-refractivity contribution in [1.29, 1.82) is 0 Å². The quantitative estimate of drug-likeness (QED) is 0.492. The molecule has 0 heterocycles. The summed E-state index contributed by atoms with van der Waals surface area (Å²) in [5.74, 6) is -1.79. The second kappa shape index (κ2) is 10.1. The highest BCUT2D eigenvalue weighted by Gasteiger charge is 2.25. The summed E-state index contributed by atoms with van der Waals surface area (Å²) >= 11 is 0. The van der Waals surface area contributed by atoms with Gasteiger partial charge in [0.1, 0.15) is 18.2 Å². The van der Waals surface area contributed by atoms with E-state index in [1.54, 1.807) is 33.8 Å². The maximum atomic E-state index is 12.0. The molecule has 0 fully saturated rings. The molecule has 0 aliphatic heterocycles. The lowest BCUT2D eigenvalue weighted by Crippen LogP contribution is -2.39. The summed E-state index contributed by atoms with van der Waals surface area (Å²) in [5.41, 5.74) is 6.39. The fourth-order valence-corrected chi connectivity index (χ4v) is 1.81. The summed E-state index contributed by atoms with van der Waals surface area (Å²) in [7, 11) is 0. The zero-order valence-electron chi connectivity index (χ0n) is 14.8. The van der Waals surface area contributed by atoms with E-state index in [2.05, 4.69) is 0 Å². The van der Waals surface area contributed by atoms with E-state index >= 15 is 0 Å². The van der Waals surface area contributed by atoms with Crippen molar-refractivity contribution in [1.82, 2.24) is 0 Å². The number of benzene rings is 1. The number of phenols is 2. The lowest BCUT2D eigenvalue weighted by atomic mass is 10.1. The Hall–Kier alpha value is -1.99. The Morgan fingerprint density at radius 2 is 1.52 bits per heavy atom. The van der Waals surface area contributed by atoms with Gasteiger partial charge in [-0.05, 0) is 38.0 Å². The average Bonchev–Trinajstić information content (AvgIpc) is 2.50. The number of hydrogen-bond acceptors (Lipinski definition) is 7. The molecule has 0 aromatic heterocycles. The maximum absolute atomic E-state index is 12.0. The molecule has 1 aromatic carbocycles. The van der Waals surface area contributed by atoms with Gasteiger partial charge >= 0.3 is 11.9 Å². The van der Waals surface area contributed by atoms with Gasteiger partial charge in [-0.1, -0.05) is 19.9 Å².